The first-order valence-corrected chi connectivity index (χ1v) is 31.1. The fourth-order valence-corrected chi connectivity index (χ4v) is 13.8. The molecule has 5 aromatic heterocycles. The summed E-state index contributed by atoms with van der Waals surface area (Å²) < 4.78 is 7.17. The molecule has 12 aromatic carbocycles. The molecule has 0 aliphatic rings. The van der Waals surface area contributed by atoms with Gasteiger partial charge in [-0.2, -0.15) is 0 Å². The van der Waals surface area contributed by atoms with E-state index < -0.39 is 0 Å². The number of nitrogens with zero attached hydrogens (tertiary/aromatic N) is 7. The molecule has 0 fully saturated rings. The quantitative estimate of drug-likeness (QED) is 0.137. The smallest absolute Gasteiger partial charge is 0.164 e. The summed E-state index contributed by atoms with van der Waals surface area (Å²) in [7, 11) is 0. The second-order valence-electron chi connectivity index (χ2n) is 24.1. The van der Waals surface area contributed by atoms with Crippen LogP contribution >= 0.6 is 0 Å². The van der Waals surface area contributed by atoms with E-state index in [1.54, 1.807) is 0 Å². The van der Waals surface area contributed by atoms with Gasteiger partial charge in [-0.3, -0.25) is 0 Å². The minimum atomic E-state index is 0.567. The number of hydrogen-bond acceptors (Lipinski definition) is 4. The van der Waals surface area contributed by atoms with Crippen LogP contribution in [0.3, 0.4) is 0 Å². The molecule has 0 unspecified atom stereocenters. The Balaban J connectivity index is 0.917. The van der Waals surface area contributed by atoms with Crippen LogP contribution in [0.15, 0.2) is 285 Å². The van der Waals surface area contributed by atoms with E-state index in [2.05, 4.69) is 290 Å². The Morgan fingerprint density at radius 3 is 1.03 bits per heavy atom. The van der Waals surface area contributed by atoms with E-state index >= 15 is 0 Å². The van der Waals surface area contributed by atoms with Crippen LogP contribution in [0.25, 0.3) is 161 Å². The van der Waals surface area contributed by atoms with E-state index in [-0.39, 0.29) is 0 Å². The molecule has 0 aliphatic carbocycles. The molecule has 0 aliphatic heterocycles. The van der Waals surface area contributed by atoms with Gasteiger partial charge in [0.25, 0.3) is 0 Å². The van der Waals surface area contributed by atoms with Gasteiger partial charge in [0.05, 0.1) is 44.5 Å². The molecule has 0 bridgehead atoms. The Kier molecular flexibility index (Phi) is 12.6. The van der Waals surface area contributed by atoms with Gasteiger partial charge in [-0.1, -0.05) is 204 Å². The maximum atomic E-state index is 5.90. The van der Waals surface area contributed by atoms with Gasteiger partial charge in [0.15, 0.2) is 17.5 Å². The van der Waals surface area contributed by atoms with Gasteiger partial charge in [0.2, 0.25) is 0 Å². The molecule has 7 heteroatoms. The minimum absolute atomic E-state index is 0.567. The van der Waals surface area contributed by atoms with Gasteiger partial charge in [-0.15, -0.1) is 0 Å². The largest absolute Gasteiger partial charge is 0.309 e. The third-order valence-electron chi connectivity index (χ3n) is 18.1. The van der Waals surface area contributed by atoms with Gasteiger partial charge in [-0.05, 0) is 148 Å². The van der Waals surface area contributed by atoms with E-state index in [0.29, 0.717) is 17.5 Å². The third-order valence-corrected chi connectivity index (χ3v) is 18.1. The zero-order valence-electron chi connectivity index (χ0n) is 50.8. The highest BCUT2D eigenvalue weighted by Gasteiger charge is 2.25. The first kappa shape index (κ1) is 53.4. The number of hydrogen-bond donors (Lipinski definition) is 0. The van der Waals surface area contributed by atoms with E-state index in [1.807, 2.05) is 36.4 Å². The van der Waals surface area contributed by atoms with E-state index in [4.69, 9.17) is 19.9 Å². The van der Waals surface area contributed by atoms with Crippen LogP contribution in [-0.4, -0.2) is 33.6 Å². The maximum Gasteiger partial charge on any atom is 0.164 e. The third kappa shape index (κ3) is 9.11. The summed E-state index contributed by atoms with van der Waals surface area (Å²) >= 11 is 0. The molecule has 0 radical (unpaired) electrons. The number of fused-ring (bicyclic) bond motifs is 9. The van der Waals surface area contributed by atoms with Gasteiger partial charge in [0.1, 0.15) is 0 Å². The van der Waals surface area contributed by atoms with E-state index in [1.165, 1.54) is 71.1 Å². The fourth-order valence-electron chi connectivity index (χ4n) is 13.8. The topological polar surface area (TPSA) is 66.3 Å². The zero-order chi connectivity index (χ0) is 60.8. The first-order valence-electron chi connectivity index (χ1n) is 31.1. The van der Waals surface area contributed by atoms with Crippen molar-refractivity contribution in [3.63, 3.8) is 0 Å². The Morgan fingerprint density at radius 2 is 0.582 bits per heavy atom. The predicted molar refractivity (Wildman–Crippen MR) is 378 cm³/mol. The van der Waals surface area contributed by atoms with Crippen molar-refractivity contribution in [2.24, 2.45) is 0 Å². The summed E-state index contributed by atoms with van der Waals surface area (Å²) in [4.78, 5) is 21.8. The van der Waals surface area contributed by atoms with Crippen LogP contribution in [0.1, 0.15) is 22.3 Å². The lowest BCUT2D eigenvalue weighted by atomic mass is 9.87. The highest BCUT2D eigenvalue weighted by atomic mass is 15.0. The number of aromatic nitrogens is 7. The second kappa shape index (κ2) is 21.5. The SMILES string of the molecule is Cc1ccc2c(c1)c1ccccc1n2-c1ccc(-c2cc(-c3ccccc3-c3nc(-c4ccccc4)nc(-c4ccccc4)n3)c(-c3ccc(-n4c5ccccc5c5cc(C)ccc54)cc3)c(-c3ccc(-n4c5ccc(C)cc5c5cc(C)ccc54)cc3)n2)cc1. The Bertz CT molecular complexity index is 5600. The first-order chi connectivity index (χ1) is 44.7. The number of pyridine rings is 1. The maximum absolute atomic E-state index is 5.90. The highest BCUT2D eigenvalue weighted by molar-refractivity contribution is 6.12. The van der Waals surface area contributed by atoms with Gasteiger partial charge in [-0.25, -0.2) is 19.9 Å². The van der Waals surface area contributed by atoms with Crippen molar-refractivity contribution >= 4 is 65.4 Å². The van der Waals surface area contributed by atoms with Gasteiger partial charge < -0.3 is 13.7 Å². The summed E-state index contributed by atoms with van der Waals surface area (Å²) in [5, 5.41) is 7.41. The van der Waals surface area contributed by atoms with Crippen molar-refractivity contribution in [3.8, 4) is 96.0 Å². The van der Waals surface area contributed by atoms with Crippen molar-refractivity contribution in [3.05, 3.63) is 307 Å². The fraction of sp³-hybridized carbons (Fsp3) is 0.0476. The van der Waals surface area contributed by atoms with Crippen LogP contribution in [0.4, 0.5) is 0 Å². The number of benzene rings is 12. The summed E-state index contributed by atoms with van der Waals surface area (Å²) in [6.45, 7) is 8.68. The van der Waals surface area contributed by atoms with Gasteiger partial charge in [0, 0.05) is 82.8 Å². The van der Waals surface area contributed by atoms with Crippen LogP contribution in [0, 0.1) is 27.7 Å². The van der Waals surface area contributed by atoms with Crippen molar-refractivity contribution in [1.29, 1.82) is 0 Å². The Morgan fingerprint density at radius 1 is 0.231 bits per heavy atom. The predicted octanol–water partition coefficient (Wildman–Crippen LogP) is 21.5. The standard InChI is InChI=1S/C84H59N7/c1-52-27-43-76-68(47-52)65-22-13-15-25-74(65)89(76)61-37-31-56(32-38-61)73-51-72(64-21-11-12-24-67(64)84-87-82(59-17-7-5-8-18-59)86-83(88-84)60-19-9-6-10-20-60)80(57-33-39-62(40-34-57)90-75-26-16-14-23-66(75)69-48-53(2)28-44-77(69)90)81(85-73)58-35-41-63(42-36-58)91-78-45-29-54(3)49-70(78)71-50-55(4)30-46-79(71)91/h5-51H,1-4H3. The van der Waals surface area contributed by atoms with Crippen molar-refractivity contribution in [2.45, 2.75) is 27.7 Å². The summed E-state index contributed by atoms with van der Waals surface area (Å²) in [6.07, 6.45) is 0. The van der Waals surface area contributed by atoms with E-state index in [0.717, 1.165) is 95.1 Å². The molecular weight excluding hydrogens is 1110 g/mol. The van der Waals surface area contributed by atoms with E-state index in [9.17, 15) is 0 Å². The second-order valence-corrected chi connectivity index (χ2v) is 24.1. The Labute approximate surface area is 527 Å². The summed E-state index contributed by atoms with van der Waals surface area (Å²) in [5.41, 5.74) is 25.4. The monoisotopic (exact) mass is 1170 g/mol. The zero-order valence-corrected chi connectivity index (χ0v) is 50.8. The molecule has 0 amide bonds. The lowest BCUT2D eigenvalue weighted by Gasteiger charge is -2.21. The average molecular weight is 1170 g/mol. The van der Waals surface area contributed by atoms with Crippen molar-refractivity contribution < 1.29 is 0 Å². The average Bonchev–Trinajstić information content (AvgIpc) is 1.79. The molecule has 91 heavy (non-hydrogen) atoms. The summed E-state index contributed by atoms with van der Waals surface area (Å²) in [5.74, 6) is 1.76. The van der Waals surface area contributed by atoms with Crippen LogP contribution in [0.2, 0.25) is 0 Å². The van der Waals surface area contributed by atoms with Crippen LogP contribution < -0.4 is 0 Å². The number of rotatable bonds is 10. The van der Waals surface area contributed by atoms with Crippen LogP contribution in [-0.2, 0) is 0 Å². The molecule has 0 N–H and O–H groups in total. The molecule has 5 heterocycles. The molecule has 17 rings (SSSR count). The lowest BCUT2D eigenvalue weighted by Crippen LogP contribution is -2.02. The molecular formula is C84H59N7. The van der Waals surface area contributed by atoms with Crippen LogP contribution in [0.5, 0.6) is 0 Å². The number of aryl methyl sites for hydroxylation is 4. The van der Waals surface area contributed by atoms with Crippen molar-refractivity contribution in [2.75, 3.05) is 0 Å². The molecule has 7 nitrogen and oxygen atoms in total. The normalized spacial score (nSPS) is 11.7. The molecule has 0 spiro atoms. The summed E-state index contributed by atoms with van der Waals surface area (Å²) in [6, 6.07) is 103. The lowest BCUT2D eigenvalue weighted by molar-refractivity contribution is 1.07. The van der Waals surface area contributed by atoms with Gasteiger partial charge >= 0.3 is 0 Å². The number of para-hydroxylation sites is 2. The van der Waals surface area contributed by atoms with Crippen molar-refractivity contribution in [1.82, 2.24) is 33.6 Å². The molecule has 0 saturated heterocycles. The Hall–Kier alpha value is -11.8. The molecule has 0 atom stereocenters. The molecule has 430 valence electrons. The highest BCUT2D eigenvalue weighted by Crippen LogP contribution is 2.46. The molecule has 17 aromatic rings. The molecule has 0 saturated carbocycles. The minimum Gasteiger partial charge on any atom is -0.309 e.